The maximum Gasteiger partial charge on any atom is 0.195 e. The summed E-state index contributed by atoms with van der Waals surface area (Å²) in [7, 11) is 2.12. The van der Waals surface area contributed by atoms with Crippen LogP contribution in [0.5, 0.6) is 0 Å². The van der Waals surface area contributed by atoms with Crippen LogP contribution in [-0.2, 0) is 0 Å². The van der Waals surface area contributed by atoms with Crippen molar-refractivity contribution < 1.29 is 0 Å². The molecule has 0 amide bonds. The van der Waals surface area contributed by atoms with Crippen LogP contribution in [0.15, 0.2) is 0 Å². The molecule has 78 valence electrons. The molecule has 1 aliphatic heterocycles. The number of H-pyrrole nitrogens is 1. The van der Waals surface area contributed by atoms with Crippen molar-refractivity contribution in [3.05, 3.63) is 10.6 Å². The van der Waals surface area contributed by atoms with Crippen LogP contribution in [0.2, 0.25) is 0 Å². The highest BCUT2D eigenvalue weighted by Gasteiger charge is 2.28. The molecular weight excluding hydrogens is 196 g/mol. The topological polar surface area (TPSA) is 36.9 Å². The fourth-order valence-corrected chi connectivity index (χ4v) is 2.19. The molecular formula is C9H16N4S. The Bertz CT molecular complexity index is 372. The summed E-state index contributed by atoms with van der Waals surface area (Å²) in [5.74, 6) is 1.50. The molecule has 1 aromatic rings. The van der Waals surface area contributed by atoms with Crippen molar-refractivity contribution in [2.24, 2.45) is 0 Å². The number of rotatable bonds is 2. The Morgan fingerprint density at radius 3 is 2.64 bits per heavy atom. The number of aromatic nitrogens is 3. The van der Waals surface area contributed by atoms with Gasteiger partial charge in [0.15, 0.2) is 4.77 Å². The van der Waals surface area contributed by atoms with E-state index >= 15 is 0 Å². The van der Waals surface area contributed by atoms with Crippen molar-refractivity contribution in [2.45, 2.75) is 25.8 Å². The van der Waals surface area contributed by atoms with Crippen LogP contribution in [0.3, 0.4) is 0 Å². The molecule has 0 atom stereocenters. The first kappa shape index (κ1) is 9.86. The van der Waals surface area contributed by atoms with Gasteiger partial charge in [-0.3, -0.25) is 9.67 Å². The van der Waals surface area contributed by atoms with Gasteiger partial charge in [-0.05, 0) is 19.3 Å². The van der Waals surface area contributed by atoms with Gasteiger partial charge in [0.2, 0.25) is 0 Å². The van der Waals surface area contributed by atoms with Gasteiger partial charge in [-0.1, -0.05) is 13.8 Å². The molecule has 14 heavy (non-hydrogen) atoms. The molecule has 5 heteroatoms. The van der Waals surface area contributed by atoms with Crippen molar-refractivity contribution in [2.75, 3.05) is 20.1 Å². The van der Waals surface area contributed by atoms with E-state index in [0.29, 0.717) is 12.0 Å². The molecule has 1 saturated heterocycles. The average molecular weight is 212 g/mol. The quantitative estimate of drug-likeness (QED) is 0.756. The van der Waals surface area contributed by atoms with E-state index in [-0.39, 0.29) is 0 Å². The third-order valence-corrected chi connectivity index (χ3v) is 2.95. The molecule has 1 fully saturated rings. The van der Waals surface area contributed by atoms with Crippen LogP contribution in [0.4, 0.5) is 0 Å². The first-order chi connectivity index (χ1) is 6.59. The lowest BCUT2D eigenvalue weighted by atomic mass is 10.1. The van der Waals surface area contributed by atoms with E-state index in [9.17, 15) is 0 Å². The monoisotopic (exact) mass is 212 g/mol. The molecule has 1 N–H and O–H groups in total. The number of hydrogen-bond acceptors (Lipinski definition) is 3. The zero-order valence-electron chi connectivity index (χ0n) is 8.82. The lowest BCUT2D eigenvalue weighted by Crippen LogP contribution is -2.45. The second-order valence-corrected chi connectivity index (χ2v) is 4.67. The minimum atomic E-state index is 0.425. The minimum absolute atomic E-state index is 0.425. The van der Waals surface area contributed by atoms with Gasteiger partial charge in [0.05, 0.1) is 6.04 Å². The smallest absolute Gasteiger partial charge is 0.195 e. The van der Waals surface area contributed by atoms with Gasteiger partial charge in [-0.15, -0.1) is 0 Å². The maximum atomic E-state index is 5.23. The Balaban J connectivity index is 2.31. The predicted octanol–water partition coefficient (Wildman–Crippen LogP) is 1.55. The maximum absolute atomic E-state index is 5.23. The van der Waals surface area contributed by atoms with Crippen molar-refractivity contribution in [1.82, 2.24) is 19.7 Å². The number of likely N-dealkylation sites (N-methyl/N-ethyl adjacent to an activating group) is 1. The second-order valence-electron chi connectivity index (χ2n) is 4.29. The minimum Gasteiger partial charge on any atom is -0.302 e. The Morgan fingerprint density at radius 1 is 1.50 bits per heavy atom. The third-order valence-electron chi connectivity index (χ3n) is 2.66. The summed E-state index contributed by atoms with van der Waals surface area (Å²) in [6, 6.07) is 0.517. The molecule has 0 aromatic carbocycles. The van der Waals surface area contributed by atoms with Crippen molar-refractivity contribution in [3.63, 3.8) is 0 Å². The molecule has 4 nitrogen and oxygen atoms in total. The highest BCUT2D eigenvalue weighted by Crippen LogP contribution is 2.23. The van der Waals surface area contributed by atoms with Gasteiger partial charge in [0.25, 0.3) is 0 Å². The van der Waals surface area contributed by atoms with E-state index in [0.717, 1.165) is 23.7 Å². The van der Waals surface area contributed by atoms with E-state index in [4.69, 9.17) is 12.2 Å². The summed E-state index contributed by atoms with van der Waals surface area (Å²) >= 11 is 5.23. The summed E-state index contributed by atoms with van der Waals surface area (Å²) in [5, 5.41) is 7.15. The predicted molar refractivity (Wildman–Crippen MR) is 58.0 cm³/mol. The molecule has 1 aliphatic rings. The SMILES string of the molecule is CC(C)c1n[nH]c(=S)n1C1CN(C)C1. The summed E-state index contributed by atoms with van der Waals surface area (Å²) in [6.07, 6.45) is 0. The van der Waals surface area contributed by atoms with Gasteiger partial charge in [0.1, 0.15) is 5.82 Å². The molecule has 0 spiro atoms. The molecule has 2 rings (SSSR count). The molecule has 0 unspecified atom stereocenters. The number of nitrogens with one attached hydrogen (secondary N) is 1. The number of likely N-dealkylation sites (tertiary alicyclic amines) is 1. The van der Waals surface area contributed by atoms with E-state index in [1.807, 2.05) is 0 Å². The number of nitrogens with zero attached hydrogens (tertiary/aromatic N) is 3. The van der Waals surface area contributed by atoms with Crippen LogP contribution < -0.4 is 0 Å². The summed E-state index contributed by atoms with van der Waals surface area (Å²) < 4.78 is 2.92. The van der Waals surface area contributed by atoms with Gasteiger partial charge in [0, 0.05) is 19.0 Å². The van der Waals surface area contributed by atoms with Crippen LogP contribution in [0, 0.1) is 4.77 Å². The van der Waals surface area contributed by atoms with Crippen molar-refractivity contribution in [1.29, 1.82) is 0 Å². The Hall–Kier alpha value is -0.680. The molecule has 2 heterocycles. The normalized spacial score (nSPS) is 18.9. The van der Waals surface area contributed by atoms with E-state index in [1.165, 1.54) is 0 Å². The molecule has 1 aromatic heterocycles. The second kappa shape index (κ2) is 3.47. The lowest BCUT2D eigenvalue weighted by molar-refractivity contribution is 0.136. The summed E-state index contributed by atoms with van der Waals surface area (Å²) in [4.78, 5) is 2.28. The van der Waals surface area contributed by atoms with E-state index in [1.54, 1.807) is 0 Å². The first-order valence-electron chi connectivity index (χ1n) is 4.95. The molecule has 0 radical (unpaired) electrons. The Kier molecular flexibility index (Phi) is 2.45. The zero-order valence-corrected chi connectivity index (χ0v) is 9.64. The van der Waals surface area contributed by atoms with Gasteiger partial charge < -0.3 is 4.90 Å². The zero-order chi connectivity index (χ0) is 10.3. The first-order valence-corrected chi connectivity index (χ1v) is 5.35. The fraction of sp³-hybridized carbons (Fsp3) is 0.778. The number of hydrogen-bond donors (Lipinski definition) is 1. The van der Waals surface area contributed by atoms with Gasteiger partial charge in [-0.2, -0.15) is 5.10 Å². The lowest BCUT2D eigenvalue weighted by Gasteiger charge is -2.37. The van der Waals surface area contributed by atoms with Crippen molar-refractivity contribution >= 4 is 12.2 Å². The van der Waals surface area contributed by atoms with E-state index < -0.39 is 0 Å². The third kappa shape index (κ3) is 1.50. The van der Waals surface area contributed by atoms with Crippen LogP contribution in [-0.4, -0.2) is 39.8 Å². The van der Waals surface area contributed by atoms with Crippen LogP contribution in [0.25, 0.3) is 0 Å². The summed E-state index contributed by atoms with van der Waals surface area (Å²) in [5.41, 5.74) is 0. The van der Waals surface area contributed by atoms with E-state index in [2.05, 4.69) is 40.6 Å². The average Bonchev–Trinajstić information content (AvgIpc) is 2.41. The molecule has 0 saturated carbocycles. The van der Waals surface area contributed by atoms with Gasteiger partial charge >= 0.3 is 0 Å². The van der Waals surface area contributed by atoms with Gasteiger partial charge in [-0.25, -0.2) is 0 Å². The van der Waals surface area contributed by atoms with Crippen LogP contribution in [0.1, 0.15) is 31.6 Å². The standard InChI is InChI=1S/C9H16N4S/c1-6(2)8-10-11-9(14)13(8)7-4-12(3)5-7/h6-7H,4-5H2,1-3H3,(H,11,14). The summed E-state index contributed by atoms with van der Waals surface area (Å²) in [6.45, 7) is 6.44. The fourth-order valence-electron chi connectivity index (χ4n) is 1.91. The molecule has 0 bridgehead atoms. The Morgan fingerprint density at radius 2 is 2.14 bits per heavy atom. The Labute approximate surface area is 88.9 Å². The molecule has 0 aliphatic carbocycles. The number of aromatic amines is 1. The van der Waals surface area contributed by atoms with Crippen LogP contribution >= 0.6 is 12.2 Å². The highest BCUT2D eigenvalue weighted by atomic mass is 32.1. The van der Waals surface area contributed by atoms with Crippen molar-refractivity contribution in [3.8, 4) is 0 Å². The highest BCUT2D eigenvalue weighted by molar-refractivity contribution is 7.71. The largest absolute Gasteiger partial charge is 0.302 e.